The van der Waals surface area contributed by atoms with Crippen LogP contribution in [0.3, 0.4) is 0 Å². The molecule has 0 aliphatic heterocycles. The van der Waals surface area contributed by atoms with Crippen LogP contribution in [0.1, 0.15) is 100 Å². The summed E-state index contributed by atoms with van der Waals surface area (Å²) in [7, 11) is 0. The van der Waals surface area contributed by atoms with Gasteiger partial charge in [-0.05, 0) is 81.6 Å². The van der Waals surface area contributed by atoms with Gasteiger partial charge in [0, 0.05) is 16.7 Å². The van der Waals surface area contributed by atoms with Crippen LogP contribution in [0.4, 0.5) is 0 Å². The summed E-state index contributed by atoms with van der Waals surface area (Å²) in [4.78, 5) is 13.6. The largest absolute Gasteiger partial charge is 0.348 e. The Morgan fingerprint density at radius 1 is 1.03 bits per heavy atom. The highest BCUT2D eigenvalue weighted by Gasteiger charge is 2.54. The molecule has 5 aliphatic carbocycles. The molecular weight excluding hydrogens is 440 g/mol. The fraction of sp³-hybridized carbons (Fsp3) is 0.679. The second-order valence-electron chi connectivity index (χ2n) is 11.6. The topological polar surface area (TPSA) is 59.8 Å². The first kappa shape index (κ1) is 22.6. The Morgan fingerprint density at radius 3 is 2.32 bits per heavy atom. The van der Waals surface area contributed by atoms with E-state index in [1.807, 2.05) is 0 Å². The van der Waals surface area contributed by atoms with Gasteiger partial charge in [0.05, 0.1) is 6.54 Å². The Morgan fingerprint density at radius 2 is 1.68 bits per heavy atom. The molecule has 5 fully saturated rings. The van der Waals surface area contributed by atoms with Gasteiger partial charge in [-0.15, -0.1) is 10.2 Å². The molecule has 4 bridgehead atoms. The summed E-state index contributed by atoms with van der Waals surface area (Å²) in [6.45, 7) is 2.75. The minimum atomic E-state index is -0.107. The van der Waals surface area contributed by atoms with Crippen LogP contribution in [0.15, 0.2) is 35.5 Å². The van der Waals surface area contributed by atoms with Crippen molar-refractivity contribution in [3.05, 3.63) is 41.7 Å². The molecule has 0 spiro atoms. The van der Waals surface area contributed by atoms with E-state index in [2.05, 4.69) is 57.3 Å². The van der Waals surface area contributed by atoms with Crippen molar-refractivity contribution in [2.75, 3.05) is 0 Å². The average molecular weight is 479 g/mol. The maximum atomic E-state index is 13.6. The Kier molecular flexibility index (Phi) is 6.21. The second-order valence-corrected chi connectivity index (χ2v) is 12.9. The van der Waals surface area contributed by atoms with Crippen molar-refractivity contribution in [3.8, 4) is 0 Å². The lowest BCUT2D eigenvalue weighted by Gasteiger charge is -2.55. The van der Waals surface area contributed by atoms with E-state index in [4.69, 9.17) is 0 Å². The Balaban J connectivity index is 1.20. The third-order valence-electron chi connectivity index (χ3n) is 9.15. The SMILES string of the molecule is CC(Sc1nnc(CNC(=O)C23CC4CC(CC(C4)C2)C3)n1C1CCCCC1)c1ccccc1. The number of rotatable bonds is 7. The molecule has 2 aromatic rings. The molecule has 1 unspecified atom stereocenters. The van der Waals surface area contributed by atoms with Crippen molar-refractivity contribution in [2.24, 2.45) is 23.2 Å². The summed E-state index contributed by atoms with van der Waals surface area (Å²) < 4.78 is 2.38. The molecule has 6 heteroatoms. The maximum Gasteiger partial charge on any atom is 0.226 e. The second kappa shape index (κ2) is 9.33. The molecular formula is C28H38N4OS. The number of benzene rings is 1. The third kappa shape index (κ3) is 4.31. The van der Waals surface area contributed by atoms with E-state index in [0.717, 1.165) is 48.0 Å². The van der Waals surface area contributed by atoms with E-state index in [-0.39, 0.29) is 11.3 Å². The highest BCUT2D eigenvalue weighted by Crippen LogP contribution is 2.60. The van der Waals surface area contributed by atoms with Crippen molar-refractivity contribution in [1.82, 2.24) is 20.1 Å². The van der Waals surface area contributed by atoms with Crippen LogP contribution in [0.5, 0.6) is 0 Å². The molecule has 5 nitrogen and oxygen atoms in total. The molecule has 7 rings (SSSR count). The van der Waals surface area contributed by atoms with E-state index >= 15 is 0 Å². The first-order chi connectivity index (χ1) is 16.6. The molecule has 1 N–H and O–H groups in total. The minimum absolute atomic E-state index is 0.107. The van der Waals surface area contributed by atoms with Gasteiger partial charge in [-0.1, -0.05) is 61.4 Å². The lowest BCUT2D eigenvalue weighted by molar-refractivity contribution is -0.146. The van der Waals surface area contributed by atoms with Crippen LogP contribution < -0.4 is 5.32 Å². The van der Waals surface area contributed by atoms with Crippen LogP contribution in [0, 0.1) is 23.2 Å². The molecule has 0 saturated heterocycles. The fourth-order valence-electron chi connectivity index (χ4n) is 7.90. The Bertz CT molecular complexity index is 977. The zero-order valence-corrected chi connectivity index (χ0v) is 21.2. The number of amides is 1. The molecule has 1 aromatic carbocycles. The number of nitrogens with zero attached hydrogens (tertiary/aromatic N) is 3. The van der Waals surface area contributed by atoms with Crippen molar-refractivity contribution in [1.29, 1.82) is 0 Å². The standard InChI is InChI=1S/C28H38N4OS/c1-19(23-8-4-2-5-9-23)34-27-31-30-25(32(27)24-10-6-3-7-11-24)18-29-26(33)28-15-20-12-21(16-28)14-22(13-20)17-28/h2,4-5,8-9,19-22,24H,3,6-7,10-18H2,1H3,(H,29,33). The molecule has 1 aromatic heterocycles. The molecule has 0 radical (unpaired) electrons. The van der Waals surface area contributed by atoms with Crippen LogP contribution in [-0.4, -0.2) is 20.7 Å². The van der Waals surface area contributed by atoms with Gasteiger partial charge in [-0.3, -0.25) is 4.79 Å². The summed E-state index contributed by atoms with van der Waals surface area (Å²) in [5, 5.41) is 14.0. The molecule has 182 valence electrons. The van der Waals surface area contributed by atoms with Crippen molar-refractivity contribution < 1.29 is 4.79 Å². The molecule has 1 heterocycles. The van der Waals surface area contributed by atoms with Gasteiger partial charge in [0.1, 0.15) is 0 Å². The number of hydrogen-bond acceptors (Lipinski definition) is 4. The number of aromatic nitrogens is 3. The van der Waals surface area contributed by atoms with E-state index < -0.39 is 0 Å². The summed E-state index contributed by atoms with van der Waals surface area (Å²) >= 11 is 1.80. The molecule has 5 aliphatic rings. The highest BCUT2D eigenvalue weighted by molar-refractivity contribution is 7.99. The van der Waals surface area contributed by atoms with Crippen LogP contribution >= 0.6 is 11.8 Å². The van der Waals surface area contributed by atoms with E-state index in [9.17, 15) is 4.79 Å². The van der Waals surface area contributed by atoms with Crippen molar-refractivity contribution in [2.45, 2.75) is 101 Å². The van der Waals surface area contributed by atoms with Crippen molar-refractivity contribution in [3.63, 3.8) is 0 Å². The Hall–Kier alpha value is -1.82. The molecule has 1 amide bonds. The average Bonchev–Trinajstić information content (AvgIpc) is 3.25. The first-order valence-corrected chi connectivity index (χ1v) is 14.4. The lowest BCUT2D eigenvalue weighted by atomic mass is 9.49. The molecule has 5 saturated carbocycles. The normalized spacial score (nSPS) is 31.5. The van der Waals surface area contributed by atoms with Crippen LogP contribution in [0.2, 0.25) is 0 Å². The van der Waals surface area contributed by atoms with Gasteiger partial charge in [-0.25, -0.2) is 0 Å². The minimum Gasteiger partial charge on any atom is -0.348 e. The van der Waals surface area contributed by atoms with Gasteiger partial charge in [0.2, 0.25) is 5.91 Å². The van der Waals surface area contributed by atoms with Gasteiger partial charge >= 0.3 is 0 Å². The zero-order chi connectivity index (χ0) is 23.1. The summed E-state index contributed by atoms with van der Waals surface area (Å²) in [6.07, 6.45) is 13.6. The number of carbonyl (C=O) groups is 1. The zero-order valence-electron chi connectivity index (χ0n) is 20.4. The Labute approximate surface area is 207 Å². The highest BCUT2D eigenvalue weighted by atomic mass is 32.2. The number of nitrogens with one attached hydrogen (secondary N) is 1. The molecule has 34 heavy (non-hydrogen) atoms. The number of hydrogen-bond donors (Lipinski definition) is 1. The summed E-state index contributed by atoms with van der Waals surface area (Å²) in [5.41, 5.74) is 1.20. The van der Waals surface area contributed by atoms with Gasteiger partial charge in [-0.2, -0.15) is 0 Å². The first-order valence-electron chi connectivity index (χ1n) is 13.5. The van der Waals surface area contributed by atoms with E-state index in [1.54, 1.807) is 11.8 Å². The van der Waals surface area contributed by atoms with E-state index in [1.165, 1.54) is 56.9 Å². The monoisotopic (exact) mass is 478 g/mol. The maximum absolute atomic E-state index is 13.6. The van der Waals surface area contributed by atoms with Crippen molar-refractivity contribution >= 4 is 17.7 Å². The quantitative estimate of drug-likeness (QED) is 0.463. The smallest absolute Gasteiger partial charge is 0.226 e. The summed E-state index contributed by atoms with van der Waals surface area (Å²) in [5.74, 6) is 3.57. The summed E-state index contributed by atoms with van der Waals surface area (Å²) in [6, 6.07) is 11.1. The molecule has 1 atom stereocenters. The predicted octanol–water partition coefficient (Wildman–Crippen LogP) is 6.47. The van der Waals surface area contributed by atoms with Crippen LogP contribution in [-0.2, 0) is 11.3 Å². The van der Waals surface area contributed by atoms with Gasteiger partial charge in [0.15, 0.2) is 11.0 Å². The number of carbonyl (C=O) groups excluding carboxylic acids is 1. The third-order valence-corrected chi connectivity index (χ3v) is 10.3. The number of thioether (sulfide) groups is 1. The van der Waals surface area contributed by atoms with E-state index in [0.29, 0.717) is 17.8 Å². The van der Waals surface area contributed by atoms with Crippen LogP contribution in [0.25, 0.3) is 0 Å². The fourth-order valence-corrected chi connectivity index (χ4v) is 8.97. The van der Waals surface area contributed by atoms with Gasteiger partial charge in [0.25, 0.3) is 0 Å². The predicted molar refractivity (Wildman–Crippen MR) is 135 cm³/mol. The van der Waals surface area contributed by atoms with Gasteiger partial charge < -0.3 is 9.88 Å². The lowest BCUT2D eigenvalue weighted by Crippen LogP contribution is -2.53.